The Hall–Kier alpha value is -2.77. The van der Waals surface area contributed by atoms with Crippen molar-refractivity contribution >= 4 is 11.6 Å². The van der Waals surface area contributed by atoms with Gasteiger partial charge in [-0.3, -0.25) is 9.69 Å². The summed E-state index contributed by atoms with van der Waals surface area (Å²) < 4.78 is 23.0. The average molecular weight is 424 g/mol. The Bertz CT molecular complexity index is 900. The molecule has 2 aromatic carbocycles. The van der Waals surface area contributed by atoms with Crippen molar-refractivity contribution in [2.24, 2.45) is 0 Å². The van der Waals surface area contributed by atoms with Gasteiger partial charge in [0, 0.05) is 44.0 Å². The number of ether oxygens (including phenoxy) is 4. The number of nitrogens with zero attached hydrogens (tertiary/aromatic N) is 1. The first-order chi connectivity index (χ1) is 15.3. The van der Waals surface area contributed by atoms with Crippen molar-refractivity contribution in [1.82, 2.24) is 4.90 Å². The van der Waals surface area contributed by atoms with Gasteiger partial charge in [-0.05, 0) is 37.1 Å². The molecule has 7 nitrogen and oxygen atoms in total. The Kier molecular flexibility index (Phi) is 5.95. The van der Waals surface area contributed by atoms with Crippen LogP contribution in [0.15, 0.2) is 48.5 Å². The van der Waals surface area contributed by atoms with E-state index in [1.807, 2.05) is 48.5 Å². The molecule has 0 bridgehead atoms. The summed E-state index contributed by atoms with van der Waals surface area (Å²) in [5.41, 5.74) is 0.716. The second-order valence-electron chi connectivity index (χ2n) is 8.19. The summed E-state index contributed by atoms with van der Waals surface area (Å²) in [4.78, 5) is 15.6. The molecule has 7 heteroatoms. The number of hydrogen-bond acceptors (Lipinski definition) is 6. The van der Waals surface area contributed by atoms with Crippen molar-refractivity contribution in [2.75, 3.05) is 38.3 Å². The van der Waals surface area contributed by atoms with Crippen LogP contribution in [0.5, 0.6) is 17.2 Å². The first kappa shape index (κ1) is 20.2. The zero-order chi connectivity index (χ0) is 21.0. The third kappa shape index (κ3) is 4.62. The van der Waals surface area contributed by atoms with E-state index in [2.05, 4.69) is 10.2 Å². The number of carbonyl (C=O) groups is 1. The molecular formula is C24H28N2O5. The van der Waals surface area contributed by atoms with Crippen LogP contribution in [0.1, 0.15) is 19.3 Å². The monoisotopic (exact) mass is 424 g/mol. The minimum atomic E-state index is -0.245. The third-order valence-corrected chi connectivity index (χ3v) is 6.12. The van der Waals surface area contributed by atoms with Gasteiger partial charge in [0.25, 0.3) is 0 Å². The van der Waals surface area contributed by atoms with Crippen molar-refractivity contribution in [2.45, 2.75) is 37.5 Å². The van der Waals surface area contributed by atoms with Crippen molar-refractivity contribution < 1.29 is 23.7 Å². The fourth-order valence-electron chi connectivity index (χ4n) is 4.62. The van der Waals surface area contributed by atoms with E-state index >= 15 is 0 Å². The fraction of sp³-hybridized carbons (Fsp3) is 0.458. The molecule has 3 heterocycles. The van der Waals surface area contributed by atoms with E-state index in [0.717, 1.165) is 38.3 Å². The summed E-state index contributed by atoms with van der Waals surface area (Å²) in [5, 5.41) is 3.08. The quantitative estimate of drug-likeness (QED) is 0.796. The van der Waals surface area contributed by atoms with Crippen LogP contribution in [0.3, 0.4) is 0 Å². The fourth-order valence-corrected chi connectivity index (χ4v) is 4.62. The van der Waals surface area contributed by atoms with Crippen LogP contribution < -0.4 is 19.5 Å². The van der Waals surface area contributed by atoms with Gasteiger partial charge in [-0.2, -0.15) is 0 Å². The smallest absolute Gasteiger partial charge is 0.241 e. The van der Waals surface area contributed by atoms with Gasteiger partial charge in [-0.15, -0.1) is 0 Å². The molecule has 0 unspecified atom stereocenters. The third-order valence-electron chi connectivity index (χ3n) is 6.12. The first-order valence-electron chi connectivity index (χ1n) is 11.0. The highest BCUT2D eigenvalue weighted by Gasteiger charge is 2.42. The molecule has 3 aliphatic heterocycles. The van der Waals surface area contributed by atoms with Crippen molar-refractivity contribution in [3.63, 3.8) is 0 Å². The highest BCUT2D eigenvalue weighted by Crippen LogP contribution is 2.34. The molecule has 164 valence electrons. The number of carbonyl (C=O) groups excluding carboxylic acids is 1. The number of amides is 1. The topological polar surface area (TPSA) is 69.3 Å². The molecule has 3 aliphatic rings. The van der Waals surface area contributed by atoms with Crippen molar-refractivity contribution in [1.29, 1.82) is 0 Å². The SMILES string of the molecule is O=C(Nc1ccc2c(c1)OCCO2)[C@@H]1C[C@H](Oc2ccccc2)CN1C1CCOCC1. The molecule has 0 radical (unpaired) electrons. The van der Waals surface area contributed by atoms with Crippen LogP contribution >= 0.6 is 0 Å². The maximum atomic E-state index is 13.3. The molecule has 0 aliphatic carbocycles. The zero-order valence-corrected chi connectivity index (χ0v) is 17.5. The highest BCUT2D eigenvalue weighted by atomic mass is 16.6. The predicted molar refractivity (Wildman–Crippen MR) is 116 cm³/mol. The largest absolute Gasteiger partial charge is 0.489 e. The molecule has 2 atom stereocenters. The number of anilines is 1. The molecule has 0 saturated carbocycles. The molecule has 1 amide bonds. The van der Waals surface area contributed by atoms with Crippen LogP contribution in [0.2, 0.25) is 0 Å². The van der Waals surface area contributed by atoms with E-state index < -0.39 is 0 Å². The summed E-state index contributed by atoms with van der Waals surface area (Å²) in [5.74, 6) is 2.21. The molecule has 2 aromatic rings. The number of rotatable bonds is 5. The van der Waals surface area contributed by atoms with E-state index in [1.54, 1.807) is 0 Å². The number of benzene rings is 2. The van der Waals surface area contributed by atoms with E-state index in [4.69, 9.17) is 18.9 Å². The Balaban J connectivity index is 1.31. The molecule has 31 heavy (non-hydrogen) atoms. The normalized spacial score (nSPS) is 24.0. The van der Waals surface area contributed by atoms with Gasteiger partial charge in [0.05, 0.1) is 6.04 Å². The van der Waals surface area contributed by atoms with Gasteiger partial charge >= 0.3 is 0 Å². The molecule has 5 rings (SSSR count). The van der Waals surface area contributed by atoms with Crippen LogP contribution in [0.25, 0.3) is 0 Å². The lowest BCUT2D eigenvalue weighted by Gasteiger charge is -2.34. The minimum absolute atomic E-state index is 0.0117. The standard InChI is InChI=1S/C24H28N2O5/c27-24(25-17-6-7-22-23(14-17)30-13-12-29-22)21-15-20(31-19-4-2-1-3-5-19)16-26(21)18-8-10-28-11-9-18/h1-7,14,18,20-21H,8-13,15-16H2,(H,25,27)/t20-,21-/m0/s1. The van der Waals surface area contributed by atoms with E-state index in [-0.39, 0.29) is 18.1 Å². The first-order valence-corrected chi connectivity index (χ1v) is 11.0. The van der Waals surface area contributed by atoms with E-state index in [0.29, 0.717) is 42.9 Å². The molecule has 0 spiro atoms. The van der Waals surface area contributed by atoms with Crippen LogP contribution in [-0.2, 0) is 9.53 Å². The van der Waals surface area contributed by atoms with E-state index in [9.17, 15) is 4.79 Å². The number of hydrogen-bond donors (Lipinski definition) is 1. The van der Waals surface area contributed by atoms with Gasteiger partial charge in [-0.1, -0.05) is 18.2 Å². The summed E-state index contributed by atoms with van der Waals surface area (Å²) in [6.07, 6.45) is 2.50. The average Bonchev–Trinajstić information content (AvgIpc) is 3.24. The molecular weight excluding hydrogens is 396 g/mol. The van der Waals surface area contributed by atoms with Gasteiger partial charge in [0.15, 0.2) is 11.5 Å². The Morgan fingerprint density at radius 2 is 1.74 bits per heavy atom. The lowest BCUT2D eigenvalue weighted by atomic mass is 10.1. The Morgan fingerprint density at radius 1 is 0.968 bits per heavy atom. The van der Waals surface area contributed by atoms with Crippen molar-refractivity contribution in [3.05, 3.63) is 48.5 Å². The molecule has 2 fully saturated rings. The molecule has 0 aromatic heterocycles. The summed E-state index contributed by atoms with van der Waals surface area (Å²) in [6, 6.07) is 15.4. The maximum absolute atomic E-state index is 13.3. The number of para-hydroxylation sites is 1. The predicted octanol–water partition coefficient (Wildman–Crippen LogP) is 3.10. The minimum Gasteiger partial charge on any atom is -0.489 e. The Labute approximate surface area is 182 Å². The van der Waals surface area contributed by atoms with Gasteiger partial charge in [-0.25, -0.2) is 0 Å². The summed E-state index contributed by atoms with van der Waals surface area (Å²) >= 11 is 0. The zero-order valence-electron chi connectivity index (χ0n) is 17.5. The lowest BCUT2D eigenvalue weighted by molar-refractivity contribution is -0.121. The molecule has 2 saturated heterocycles. The summed E-state index contributed by atoms with van der Waals surface area (Å²) in [6.45, 7) is 3.27. The highest BCUT2D eigenvalue weighted by molar-refractivity contribution is 5.95. The number of nitrogens with one attached hydrogen (secondary N) is 1. The van der Waals surface area contributed by atoms with Crippen LogP contribution in [0, 0.1) is 0 Å². The maximum Gasteiger partial charge on any atom is 0.241 e. The van der Waals surface area contributed by atoms with Gasteiger partial charge in [0.1, 0.15) is 25.1 Å². The molecule has 1 N–H and O–H groups in total. The Morgan fingerprint density at radius 3 is 2.55 bits per heavy atom. The van der Waals surface area contributed by atoms with Gasteiger partial charge in [0.2, 0.25) is 5.91 Å². The van der Waals surface area contributed by atoms with Crippen LogP contribution in [0.4, 0.5) is 5.69 Å². The number of likely N-dealkylation sites (tertiary alicyclic amines) is 1. The second-order valence-corrected chi connectivity index (χ2v) is 8.19. The summed E-state index contributed by atoms with van der Waals surface area (Å²) in [7, 11) is 0. The van der Waals surface area contributed by atoms with Crippen molar-refractivity contribution in [3.8, 4) is 17.2 Å². The van der Waals surface area contributed by atoms with E-state index in [1.165, 1.54) is 0 Å². The second kappa shape index (κ2) is 9.16. The van der Waals surface area contributed by atoms with Crippen LogP contribution in [-0.4, -0.2) is 62.0 Å². The number of fused-ring (bicyclic) bond motifs is 1. The lowest BCUT2D eigenvalue weighted by Crippen LogP contribution is -2.47. The van der Waals surface area contributed by atoms with Gasteiger partial charge < -0.3 is 24.3 Å².